The van der Waals surface area contributed by atoms with Crippen LogP contribution in [0.25, 0.3) is 0 Å². The second-order valence-electron chi connectivity index (χ2n) is 6.45. The number of hydrogen-bond acceptors (Lipinski definition) is 4. The van der Waals surface area contributed by atoms with E-state index >= 15 is 0 Å². The molecule has 2 rings (SSSR count). The van der Waals surface area contributed by atoms with E-state index in [1.165, 1.54) is 0 Å². The van der Waals surface area contributed by atoms with Crippen LogP contribution >= 0.6 is 0 Å². The molecule has 1 aromatic heterocycles. The molecule has 0 aliphatic heterocycles. The number of aliphatic carboxylic acids is 1. The molecule has 1 aliphatic carbocycles. The Balaban J connectivity index is 2.03. The van der Waals surface area contributed by atoms with Gasteiger partial charge >= 0.3 is 5.97 Å². The van der Waals surface area contributed by atoms with E-state index in [0.29, 0.717) is 12.8 Å². The first kappa shape index (κ1) is 16.0. The van der Waals surface area contributed by atoms with Crippen LogP contribution in [0, 0.1) is 0 Å². The van der Waals surface area contributed by atoms with Gasteiger partial charge in [-0.05, 0) is 40.2 Å². The van der Waals surface area contributed by atoms with Crippen molar-refractivity contribution in [3.63, 3.8) is 0 Å². The third-order valence-corrected chi connectivity index (χ3v) is 4.40. The van der Waals surface area contributed by atoms with Crippen molar-refractivity contribution in [1.82, 2.24) is 19.8 Å². The van der Waals surface area contributed by atoms with Crippen LogP contribution in [-0.2, 0) is 18.4 Å². The lowest BCUT2D eigenvalue weighted by Gasteiger charge is -2.30. The van der Waals surface area contributed by atoms with E-state index < -0.39 is 11.5 Å². The highest BCUT2D eigenvalue weighted by Gasteiger charge is 2.46. The molecule has 2 atom stereocenters. The maximum absolute atomic E-state index is 11.7. The Hall–Kier alpha value is -1.40. The first-order chi connectivity index (χ1) is 9.84. The van der Waals surface area contributed by atoms with Crippen molar-refractivity contribution in [1.29, 1.82) is 0 Å². The van der Waals surface area contributed by atoms with E-state index in [1.54, 1.807) is 6.20 Å². The lowest BCUT2D eigenvalue weighted by atomic mass is 9.96. The molecular formula is C15H26N4O2. The topological polar surface area (TPSA) is 70.4 Å². The number of carboxylic acid groups (broad SMARTS) is 1. The van der Waals surface area contributed by atoms with E-state index in [9.17, 15) is 9.90 Å². The maximum Gasteiger partial charge on any atom is 0.323 e. The highest BCUT2D eigenvalue weighted by Crippen LogP contribution is 2.34. The van der Waals surface area contributed by atoms with Crippen LogP contribution in [0.5, 0.6) is 0 Å². The summed E-state index contributed by atoms with van der Waals surface area (Å²) in [5, 5.41) is 12.9. The van der Waals surface area contributed by atoms with Crippen LogP contribution in [-0.4, -0.2) is 50.2 Å². The van der Waals surface area contributed by atoms with Crippen molar-refractivity contribution in [3.05, 3.63) is 18.2 Å². The summed E-state index contributed by atoms with van der Waals surface area (Å²) in [7, 11) is 4.03. The fourth-order valence-corrected chi connectivity index (χ4v) is 3.24. The zero-order valence-electron chi connectivity index (χ0n) is 13.3. The van der Waals surface area contributed by atoms with Gasteiger partial charge in [0.1, 0.15) is 11.4 Å². The van der Waals surface area contributed by atoms with Crippen molar-refractivity contribution in [2.45, 2.75) is 57.3 Å². The van der Waals surface area contributed by atoms with Crippen LogP contribution in [0.3, 0.4) is 0 Å². The monoisotopic (exact) mass is 294 g/mol. The lowest BCUT2D eigenvalue weighted by Crippen LogP contribution is -2.53. The molecule has 0 spiro atoms. The standard InChI is InChI=1S/C15H26N4O2/c1-11(2)17-15(14(20)21)6-5-12(9-15)19(4)10-13-16-7-8-18(13)3/h7-8,11-12,17H,5-6,9-10H2,1-4H3,(H,20,21). The second kappa shape index (κ2) is 6.15. The van der Waals surface area contributed by atoms with Crippen LogP contribution in [0.15, 0.2) is 12.4 Å². The number of aryl methyl sites for hydroxylation is 1. The Labute approximate surface area is 126 Å². The van der Waals surface area contributed by atoms with Crippen LogP contribution in [0.2, 0.25) is 0 Å². The molecule has 0 bridgehead atoms. The molecule has 2 N–H and O–H groups in total. The molecule has 1 saturated carbocycles. The van der Waals surface area contributed by atoms with Crippen molar-refractivity contribution in [2.75, 3.05) is 7.05 Å². The molecule has 1 heterocycles. The first-order valence-electron chi connectivity index (χ1n) is 7.51. The third-order valence-electron chi connectivity index (χ3n) is 4.40. The molecule has 0 radical (unpaired) electrons. The minimum absolute atomic E-state index is 0.166. The third kappa shape index (κ3) is 3.44. The van der Waals surface area contributed by atoms with Gasteiger partial charge in [0, 0.05) is 31.5 Å². The quantitative estimate of drug-likeness (QED) is 0.825. The summed E-state index contributed by atoms with van der Waals surface area (Å²) >= 11 is 0. The summed E-state index contributed by atoms with van der Waals surface area (Å²) in [6, 6.07) is 0.434. The zero-order chi connectivity index (χ0) is 15.6. The number of nitrogens with one attached hydrogen (secondary N) is 1. The zero-order valence-corrected chi connectivity index (χ0v) is 13.3. The summed E-state index contributed by atoms with van der Waals surface area (Å²) in [6.07, 6.45) is 5.93. The number of carbonyl (C=O) groups is 1. The Morgan fingerprint density at radius 2 is 2.38 bits per heavy atom. The average molecular weight is 294 g/mol. The molecule has 118 valence electrons. The number of imidazole rings is 1. The summed E-state index contributed by atoms with van der Waals surface area (Å²) < 4.78 is 2.00. The fraction of sp³-hybridized carbons (Fsp3) is 0.733. The van der Waals surface area contributed by atoms with E-state index in [2.05, 4.69) is 15.2 Å². The molecular weight excluding hydrogens is 268 g/mol. The summed E-state index contributed by atoms with van der Waals surface area (Å²) in [5.41, 5.74) is -0.783. The predicted octanol–water partition coefficient (Wildman–Crippen LogP) is 1.23. The van der Waals surface area contributed by atoms with Gasteiger partial charge in [0.2, 0.25) is 0 Å². The summed E-state index contributed by atoms with van der Waals surface area (Å²) in [6.45, 7) is 4.73. The lowest BCUT2D eigenvalue weighted by molar-refractivity contribution is -0.145. The fourth-order valence-electron chi connectivity index (χ4n) is 3.24. The van der Waals surface area contributed by atoms with Crippen LogP contribution in [0.1, 0.15) is 38.9 Å². The van der Waals surface area contributed by atoms with E-state index in [-0.39, 0.29) is 12.1 Å². The number of rotatable bonds is 6. The minimum atomic E-state index is -0.783. The molecule has 0 aromatic carbocycles. The number of aromatic nitrogens is 2. The second-order valence-corrected chi connectivity index (χ2v) is 6.45. The van der Waals surface area contributed by atoms with Crippen LogP contribution in [0.4, 0.5) is 0 Å². The molecule has 6 nitrogen and oxygen atoms in total. The van der Waals surface area contributed by atoms with E-state index in [1.807, 2.05) is 38.7 Å². The average Bonchev–Trinajstić information content (AvgIpc) is 2.97. The molecule has 2 unspecified atom stereocenters. The normalized spacial score (nSPS) is 25.9. The molecule has 0 saturated heterocycles. The van der Waals surface area contributed by atoms with Gasteiger partial charge in [0.25, 0.3) is 0 Å². The summed E-state index contributed by atoms with van der Waals surface area (Å²) in [5.74, 6) is 0.270. The van der Waals surface area contributed by atoms with Gasteiger partial charge in [0.05, 0.1) is 6.54 Å². The Kier molecular flexibility index (Phi) is 4.68. The van der Waals surface area contributed by atoms with E-state index in [0.717, 1.165) is 18.8 Å². The minimum Gasteiger partial charge on any atom is -0.480 e. The van der Waals surface area contributed by atoms with Crippen LogP contribution < -0.4 is 5.32 Å². The molecule has 1 aliphatic rings. The van der Waals surface area contributed by atoms with Gasteiger partial charge in [-0.2, -0.15) is 0 Å². The molecule has 1 fully saturated rings. The van der Waals surface area contributed by atoms with Crippen molar-refractivity contribution in [3.8, 4) is 0 Å². The predicted molar refractivity (Wildman–Crippen MR) is 81.0 cm³/mol. The molecule has 6 heteroatoms. The molecule has 1 aromatic rings. The van der Waals surface area contributed by atoms with Crippen molar-refractivity contribution in [2.24, 2.45) is 7.05 Å². The van der Waals surface area contributed by atoms with Gasteiger partial charge in [-0.25, -0.2) is 4.98 Å². The first-order valence-corrected chi connectivity index (χ1v) is 7.51. The van der Waals surface area contributed by atoms with Gasteiger partial charge < -0.3 is 9.67 Å². The van der Waals surface area contributed by atoms with Gasteiger partial charge in [-0.1, -0.05) is 0 Å². The van der Waals surface area contributed by atoms with Crippen molar-refractivity contribution >= 4 is 5.97 Å². The molecule has 0 amide bonds. The number of carboxylic acids is 1. The van der Waals surface area contributed by atoms with E-state index in [4.69, 9.17) is 0 Å². The highest BCUT2D eigenvalue weighted by atomic mass is 16.4. The van der Waals surface area contributed by atoms with Gasteiger partial charge in [-0.15, -0.1) is 0 Å². The smallest absolute Gasteiger partial charge is 0.323 e. The number of hydrogen-bond donors (Lipinski definition) is 2. The Morgan fingerprint density at radius 1 is 1.67 bits per heavy atom. The van der Waals surface area contributed by atoms with Gasteiger partial charge in [0.15, 0.2) is 0 Å². The molecule has 21 heavy (non-hydrogen) atoms. The SMILES string of the molecule is CC(C)NC1(C(=O)O)CCC(N(C)Cc2nccn2C)C1. The largest absolute Gasteiger partial charge is 0.480 e. The Morgan fingerprint density at radius 3 is 2.90 bits per heavy atom. The summed E-state index contributed by atoms with van der Waals surface area (Å²) in [4.78, 5) is 18.3. The van der Waals surface area contributed by atoms with Gasteiger partial charge in [-0.3, -0.25) is 15.0 Å². The maximum atomic E-state index is 11.7. The van der Waals surface area contributed by atoms with Crippen molar-refractivity contribution < 1.29 is 9.90 Å². The Bertz CT molecular complexity index is 500. The number of nitrogens with zero attached hydrogens (tertiary/aromatic N) is 3. The highest BCUT2D eigenvalue weighted by molar-refractivity contribution is 5.79.